The maximum Gasteiger partial charge on any atom is 0.282 e. The molecule has 0 fully saturated rings. The molecule has 8 heteroatoms. The lowest BCUT2D eigenvalue weighted by atomic mass is 10.0. The summed E-state index contributed by atoms with van der Waals surface area (Å²) in [6.07, 6.45) is 0. The largest absolute Gasteiger partial charge is 0.495 e. The molecule has 0 aliphatic carbocycles. The Balaban J connectivity index is 1.77. The van der Waals surface area contributed by atoms with Crippen molar-refractivity contribution >= 4 is 52.0 Å². The predicted molar refractivity (Wildman–Crippen MR) is 128 cm³/mol. The highest BCUT2D eigenvalue weighted by Crippen LogP contribution is 2.39. The highest BCUT2D eigenvalue weighted by atomic mass is 35.5. The highest BCUT2D eigenvalue weighted by molar-refractivity contribution is 6.46. The summed E-state index contributed by atoms with van der Waals surface area (Å²) in [5.41, 5.74) is 2.40. The van der Waals surface area contributed by atoms with Gasteiger partial charge in [0.2, 0.25) is 5.91 Å². The average Bonchev–Trinajstić information content (AvgIpc) is 3.04. The number of hydrogen-bond donors (Lipinski definition) is 2. The molecule has 2 N–H and O–H groups in total. The topological polar surface area (TPSA) is 87.7 Å². The van der Waals surface area contributed by atoms with Gasteiger partial charge in [-0.2, -0.15) is 0 Å². The third-order valence-corrected chi connectivity index (χ3v) is 5.24. The molecule has 166 valence electrons. The number of carbonyl (C=O) groups excluding carboxylic acids is 3. The molecule has 0 spiro atoms. The SMILES string of the molecule is COc1ccc(Cl)cc1N1C(=O)C(Nc2ccc(NC(C)=O)cc2)=C(c2ccccc2)C1=O. The van der Waals surface area contributed by atoms with Gasteiger partial charge in [-0.15, -0.1) is 0 Å². The zero-order valence-electron chi connectivity index (χ0n) is 17.9. The van der Waals surface area contributed by atoms with E-state index >= 15 is 0 Å². The summed E-state index contributed by atoms with van der Waals surface area (Å²) in [5.74, 6) is -0.878. The number of nitrogens with zero attached hydrogens (tertiary/aromatic N) is 1. The van der Waals surface area contributed by atoms with E-state index in [9.17, 15) is 14.4 Å². The molecule has 1 heterocycles. The smallest absolute Gasteiger partial charge is 0.282 e. The number of carbonyl (C=O) groups is 3. The Morgan fingerprint density at radius 1 is 0.909 bits per heavy atom. The van der Waals surface area contributed by atoms with Gasteiger partial charge in [-0.25, -0.2) is 4.90 Å². The molecule has 33 heavy (non-hydrogen) atoms. The molecule has 3 aromatic carbocycles. The van der Waals surface area contributed by atoms with Crippen molar-refractivity contribution in [1.29, 1.82) is 0 Å². The van der Waals surface area contributed by atoms with Crippen molar-refractivity contribution < 1.29 is 19.1 Å². The Morgan fingerprint density at radius 3 is 2.21 bits per heavy atom. The summed E-state index contributed by atoms with van der Waals surface area (Å²) < 4.78 is 5.37. The van der Waals surface area contributed by atoms with E-state index in [1.165, 1.54) is 20.1 Å². The van der Waals surface area contributed by atoms with Gasteiger partial charge in [-0.3, -0.25) is 14.4 Å². The monoisotopic (exact) mass is 461 g/mol. The minimum atomic E-state index is -0.537. The van der Waals surface area contributed by atoms with Crippen LogP contribution in [0.1, 0.15) is 12.5 Å². The molecule has 3 aromatic rings. The van der Waals surface area contributed by atoms with Crippen molar-refractivity contribution in [3.05, 3.63) is 89.1 Å². The summed E-state index contributed by atoms with van der Waals surface area (Å²) in [4.78, 5) is 39.4. The molecular weight excluding hydrogens is 442 g/mol. The average molecular weight is 462 g/mol. The lowest BCUT2D eigenvalue weighted by Gasteiger charge is -2.18. The number of rotatable bonds is 6. The summed E-state index contributed by atoms with van der Waals surface area (Å²) >= 11 is 6.15. The molecule has 0 atom stereocenters. The molecule has 3 amide bonds. The maximum atomic E-state index is 13.5. The Morgan fingerprint density at radius 2 is 1.58 bits per heavy atom. The molecule has 0 saturated heterocycles. The fourth-order valence-electron chi connectivity index (χ4n) is 3.56. The van der Waals surface area contributed by atoms with Crippen LogP contribution in [0.5, 0.6) is 5.75 Å². The molecule has 4 rings (SSSR count). The van der Waals surface area contributed by atoms with Crippen LogP contribution in [-0.4, -0.2) is 24.8 Å². The second-order valence-corrected chi connectivity index (χ2v) is 7.70. The number of anilines is 3. The van der Waals surface area contributed by atoms with Crippen molar-refractivity contribution in [2.24, 2.45) is 0 Å². The van der Waals surface area contributed by atoms with E-state index in [4.69, 9.17) is 16.3 Å². The van der Waals surface area contributed by atoms with Gasteiger partial charge in [0, 0.05) is 23.3 Å². The number of methoxy groups -OCH3 is 1. The number of amides is 3. The van der Waals surface area contributed by atoms with E-state index in [0.717, 1.165) is 4.90 Å². The van der Waals surface area contributed by atoms with Gasteiger partial charge < -0.3 is 15.4 Å². The Kier molecular flexibility index (Phi) is 6.15. The fourth-order valence-corrected chi connectivity index (χ4v) is 3.73. The van der Waals surface area contributed by atoms with Crippen molar-refractivity contribution in [2.45, 2.75) is 6.92 Å². The Labute approximate surface area is 195 Å². The number of imide groups is 1. The number of nitrogens with one attached hydrogen (secondary N) is 2. The third kappa shape index (κ3) is 4.44. The molecule has 0 saturated carbocycles. The minimum absolute atomic E-state index is 0.125. The van der Waals surface area contributed by atoms with Gasteiger partial charge in [0.25, 0.3) is 11.8 Å². The lowest BCUT2D eigenvalue weighted by molar-refractivity contribution is -0.120. The first-order valence-electron chi connectivity index (χ1n) is 10.1. The molecule has 0 bridgehead atoms. The highest BCUT2D eigenvalue weighted by Gasteiger charge is 2.41. The Hall–Kier alpha value is -4.10. The van der Waals surface area contributed by atoms with E-state index in [1.54, 1.807) is 60.7 Å². The Bertz CT molecular complexity index is 1270. The summed E-state index contributed by atoms with van der Waals surface area (Å²) in [6, 6.07) is 20.5. The summed E-state index contributed by atoms with van der Waals surface area (Å²) in [6.45, 7) is 1.42. The van der Waals surface area contributed by atoms with E-state index in [2.05, 4.69) is 10.6 Å². The molecular formula is C25H20ClN3O4. The molecule has 0 radical (unpaired) electrons. The first kappa shape index (κ1) is 22.1. The second-order valence-electron chi connectivity index (χ2n) is 7.26. The van der Waals surface area contributed by atoms with Gasteiger partial charge in [-0.1, -0.05) is 41.9 Å². The molecule has 1 aliphatic rings. The van der Waals surface area contributed by atoms with Crippen LogP contribution < -0.4 is 20.3 Å². The van der Waals surface area contributed by atoms with Crippen molar-refractivity contribution in [3.8, 4) is 5.75 Å². The normalized spacial score (nSPS) is 13.4. The maximum absolute atomic E-state index is 13.5. The van der Waals surface area contributed by atoms with Gasteiger partial charge in [-0.05, 0) is 48.0 Å². The van der Waals surface area contributed by atoms with Crippen LogP contribution in [-0.2, 0) is 14.4 Å². The zero-order chi connectivity index (χ0) is 23.5. The van der Waals surface area contributed by atoms with Gasteiger partial charge in [0.15, 0.2) is 0 Å². The number of benzene rings is 3. The fraction of sp³-hybridized carbons (Fsp3) is 0.0800. The van der Waals surface area contributed by atoms with Gasteiger partial charge >= 0.3 is 0 Å². The van der Waals surface area contributed by atoms with Crippen LogP contribution in [0.4, 0.5) is 17.1 Å². The lowest BCUT2D eigenvalue weighted by Crippen LogP contribution is -2.32. The van der Waals surface area contributed by atoms with Crippen LogP contribution >= 0.6 is 11.6 Å². The number of halogens is 1. The van der Waals surface area contributed by atoms with Crippen LogP contribution in [0.3, 0.4) is 0 Å². The van der Waals surface area contributed by atoms with Crippen LogP contribution in [0.15, 0.2) is 78.5 Å². The van der Waals surface area contributed by atoms with E-state index in [0.29, 0.717) is 27.7 Å². The van der Waals surface area contributed by atoms with Crippen LogP contribution in [0.2, 0.25) is 5.02 Å². The molecule has 0 aromatic heterocycles. The molecule has 7 nitrogen and oxygen atoms in total. The van der Waals surface area contributed by atoms with Crippen LogP contribution in [0.25, 0.3) is 5.57 Å². The first-order chi connectivity index (χ1) is 15.9. The standard InChI is InChI=1S/C25H20ClN3O4/c1-15(30)27-18-9-11-19(12-10-18)28-23-22(16-6-4-3-5-7-16)24(31)29(25(23)32)20-14-17(26)8-13-21(20)33-2/h3-14,28H,1-2H3,(H,27,30). The van der Waals surface area contributed by atoms with E-state index in [1.807, 2.05) is 6.07 Å². The number of hydrogen-bond acceptors (Lipinski definition) is 5. The van der Waals surface area contributed by atoms with Crippen LogP contribution in [0, 0.1) is 0 Å². The third-order valence-electron chi connectivity index (χ3n) is 5.00. The zero-order valence-corrected chi connectivity index (χ0v) is 18.6. The number of ether oxygens (including phenoxy) is 1. The van der Waals surface area contributed by atoms with Crippen molar-refractivity contribution in [3.63, 3.8) is 0 Å². The molecule has 1 aliphatic heterocycles. The summed E-state index contributed by atoms with van der Waals surface area (Å²) in [5, 5.41) is 6.13. The first-order valence-corrected chi connectivity index (χ1v) is 10.4. The quantitative estimate of drug-likeness (QED) is 0.519. The predicted octanol–water partition coefficient (Wildman–Crippen LogP) is 4.70. The second kappa shape index (κ2) is 9.18. The van der Waals surface area contributed by atoms with Gasteiger partial charge in [0.1, 0.15) is 11.4 Å². The van der Waals surface area contributed by atoms with E-state index in [-0.39, 0.29) is 22.9 Å². The minimum Gasteiger partial charge on any atom is -0.495 e. The van der Waals surface area contributed by atoms with E-state index < -0.39 is 11.8 Å². The van der Waals surface area contributed by atoms with Gasteiger partial charge in [0.05, 0.1) is 18.4 Å². The summed E-state index contributed by atoms with van der Waals surface area (Å²) in [7, 11) is 1.46. The molecule has 0 unspecified atom stereocenters. The van der Waals surface area contributed by atoms with Crippen molar-refractivity contribution in [1.82, 2.24) is 0 Å². The van der Waals surface area contributed by atoms with Crippen molar-refractivity contribution in [2.75, 3.05) is 22.6 Å².